The largest absolute Gasteiger partial charge is 0.463 e. The first-order valence-corrected chi connectivity index (χ1v) is 12.6. The van der Waals surface area contributed by atoms with E-state index in [-0.39, 0.29) is 25.0 Å². The third kappa shape index (κ3) is 14.7. The van der Waals surface area contributed by atoms with Crippen molar-refractivity contribution >= 4 is 23.9 Å². The number of unbranched alkanes of at least 4 members (excludes halogenated alkanes) is 2. The van der Waals surface area contributed by atoms with Gasteiger partial charge < -0.3 is 18.9 Å². The Bertz CT molecular complexity index is 589. The molecule has 0 aliphatic heterocycles. The van der Waals surface area contributed by atoms with E-state index in [1.54, 1.807) is 0 Å². The summed E-state index contributed by atoms with van der Waals surface area (Å²) in [5.41, 5.74) is 0. The molecule has 0 heterocycles. The lowest BCUT2D eigenvalue weighted by Crippen LogP contribution is -2.28. The Morgan fingerprint density at radius 3 is 1.29 bits per heavy atom. The van der Waals surface area contributed by atoms with Crippen LogP contribution in [0, 0.1) is 11.8 Å². The number of hydrogen-bond acceptors (Lipinski definition) is 8. The summed E-state index contributed by atoms with van der Waals surface area (Å²) in [6.45, 7) is 11.7. The van der Waals surface area contributed by atoms with Crippen molar-refractivity contribution in [2.45, 2.75) is 105 Å². The second-order valence-electron chi connectivity index (χ2n) is 8.58. The van der Waals surface area contributed by atoms with Crippen LogP contribution in [0.4, 0.5) is 0 Å². The molecule has 4 atom stereocenters. The Kier molecular flexibility index (Phi) is 17.7. The van der Waals surface area contributed by atoms with Gasteiger partial charge in [-0.25, -0.2) is 19.2 Å². The molecule has 0 bridgehead atoms. The van der Waals surface area contributed by atoms with Gasteiger partial charge in [-0.3, -0.25) is 0 Å². The molecule has 0 aliphatic carbocycles. The van der Waals surface area contributed by atoms with Crippen molar-refractivity contribution in [3.05, 3.63) is 12.2 Å². The van der Waals surface area contributed by atoms with Crippen LogP contribution in [0.25, 0.3) is 0 Å². The predicted octanol–water partition coefficient (Wildman–Crippen LogP) is 4.93. The first-order chi connectivity index (χ1) is 16.2. The molecule has 0 unspecified atom stereocenters. The summed E-state index contributed by atoms with van der Waals surface area (Å²) in [6.07, 6.45) is 7.51. The molecule has 0 radical (unpaired) electrons. The van der Waals surface area contributed by atoms with Crippen molar-refractivity contribution < 1.29 is 38.1 Å². The molecule has 0 amide bonds. The van der Waals surface area contributed by atoms with Crippen LogP contribution >= 0.6 is 0 Å². The zero-order chi connectivity index (χ0) is 25.9. The van der Waals surface area contributed by atoms with Gasteiger partial charge in [-0.15, -0.1) is 0 Å². The maximum atomic E-state index is 12.1. The molecule has 0 saturated carbocycles. The zero-order valence-electron chi connectivity index (χ0n) is 21.8. The van der Waals surface area contributed by atoms with Crippen LogP contribution in [0.3, 0.4) is 0 Å². The van der Waals surface area contributed by atoms with E-state index in [0.717, 1.165) is 63.5 Å². The molecule has 0 saturated heterocycles. The number of carbonyl (C=O) groups is 4. The first kappa shape index (κ1) is 31.6. The smallest absolute Gasteiger partial charge is 0.347 e. The molecule has 0 N–H and O–H groups in total. The van der Waals surface area contributed by atoms with Crippen LogP contribution in [0.5, 0.6) is 0 Å². The van der Waals surface area contributed by atoms with Gasteiger partial charge in [0, 0.05) is 12.2 Å². The second-order valence-corrected chi connectivity index (χ2v) is 8.58. The van der Waals surface area contributed by atoms with Gasteiger partial charge >= 0.3 is 23.9 Å². The molecule has 0 aromatic heterocycles. The highest BCUT2D eigenvalue weighted by Crippen LogP contribution is 2.14. The lowest BCUT2D eigenvalue weighted by atomic mass is 10.0. The van der Waals surface area contributed by atoms with Crippen molar-refractivity contribution in [1.29, 1.82) is 0 Å². The lowest BCUT2D eigenvalue weighted by Gasteiger charge is -2.17. The molecule has 0 spiro atoms. The SMILES string of the molecule is CCCC[C@@H](CC)COC(=O)[C@@H](C)OC(=O)/C=C\C(=O)O[C@@H](C)C(=O)OC[C@@H](CC)CCCC. The molecular formula is C26H44O8. The van der Waals surface area contributed by atoms with E-state index < -0.39 is 36.1 Å². The van der Waals surface area contributed by atoms with E-state index in [0.29, 0.717) is 0 Å². The molecule has 8 nitrogen and oxygen atoms in total. The van der Waals surface area contributed by atoms with Crippen LogP contribution in [-0.4, -0.2) is 49.3 Å². The van der Waals surface area contributed by atoms with Gasteiger partial charge in [0.1, 0.15) is 0 Å². The highest BCUT2D eigenvalue weighted by atomic mass is 16.6. The van der Waals surface area contributed by atoms with Crippen LogP contribution < -0.4 is 0 Å². The van der Waals surface area contributed by atoms with Gasteiger partial charge in [0.2, 0.25) is 0 Å². The van der Waals surface area contributed by atoms with E-state index in [9.17, 15) is 19.2 Å². The molecule has 0 rings (SSSR count). The van der Waals surface area contributed by atoms with E-state index in [1.807, 2.05) is 13.8 Å². The molecule has 34 heavy (non-hydrogen) atoms. The Labute approximate surface area is 204 Å². The third-order valence-corrected chi connectivity index (χ3v) is 5.61. The van der Waals surface area contributed by atoms with E-state index in [4.69, 9.17) is 18.9 Å². The number of esters is 4. The monoisotopic (exact) mass is 484 g/mol. The van der Waals surface area contributed by atoms with Gasteiger partial charge in [0.25, 0.3) is 0 Å². The fraction of sp³-hybridized carbons (Fsp3) is 0.769. The second kappa shape index (κ2) is 19.0. The summed E-state index contributed by atoms with van der Waals surface area (Å²) in [6, 6.07) is 0. The minimum atomic E-state index is -1.11. The molecule has 0 aromatic rings. The molecular weight excluding hydrogens is 440 g/mol. The summed E-state index contributed by atoms with van der Waals surface area (Å²) in [7, 11) is 0. The van der Waals surface area contributed by atoms with Crippen LogP contribution in [-0.2, 0) is 38.1 Å². The Morgan fingerprint density at radius 2 is 1.00 bits per heavy atom. The van der Waals surface area contributed by atoms with Crippen LogP contribution in [0.15, 0.2) is 12.2 Å². The van der Waals surface area contributed by atoms with Crippen molar-refractivity contribution in [2.75, 3.05) is 13.2 Å². The quantitative estimate of drug-likeness (QED) is 0.153. The minimum absolute atomic E-state index is 0.277. The Hall–Kier alpha value is -2.38. The van der Waals surface area contributed by atoms with E-state index in [1.165, 1.54) is 13.8 Å². The molecule has 0 aromatic carbocycles. The Balaban J connectivity index is 4.40. The zero-order valence-corrected chi connectivity index (χ0v) is 21.8. The van der Waals surface area contributed by atoms with Crippen molar-refractivity contribution in [3.8, 4) is 0 Å². The van der Waals surface area contributed by atoms with Gasteiger partial charge in [-0.05, 0) is 38.5 Å². The number of rotatable bonds is 18. The lowest BCUT2D eigenvalue weighted by molar-refractivity contribution is -0.165. The highest BCUT2D eigenvalue weighted by Gasteiger charge is 2.21. The number of carbonyl (C=O) groups excluding carboxylic acids is 4. The standard InChI is InChI=1S/C26H44O8/c1-7-11-13-21(9-3)17-31-25(29)19(5)33-23(27)15-16-24(28)34-20(6)26(30)32-18-22(10-4)14-12-8-2/h15-16,19-22H,7-14,17-18H2,1-6H3/b16-15-/t19-,20+,21-,22+. The van der Waals surface area contributed by atoms with E-state index in [2.05, 4.69) is 13.8 Å². The average Bonchev–Trinajstić information content (AvgIpc) is 2.82. The van der Waals surface area contributed by atoms with Gasteiger partial charge in [-0.2, -0.15) is 0 Å². The summed E-state index contributed by atoms with van der Waals surface area (Å²) >= 11 is 0. The average molecular weight is 485 g/mol. The molecule has 8 heteroatoms. The minimum Gasteiger partial charge on any atom is -0.463 e. The van der Waals surface area contributed by atoms with Crippen molar-refractivity contribution in [2.24, 2.45) is 11.8 Å². The van der Waals surface area contributed by atoms with Gasteiger partial charge in [0.05, 0.1) is 13.2 Å². The maximum absolute atomic E-state index is 12.1. The molecule has 0 fully saturated rings. The molecule has 196 valence electrons. The van der Waals surface area contributed by atoms with Crippen molar-refractivity contribution in [1.82, 2.24) is 0 Å². The van der Waals surface area contributed by atoms with Crippen molar-refractivity contribution in [3.63, 3.8) is 0 Å². The summed E-state index contributed by atoms with van der Waals surface area (Å²) in [4.78, 5) is 47.9. The topological polar surface area (TPSA) is 105 Å². The van der Waals surface area contributed by atoms with Gasteiger partial charge in [-0.1, -0.05) is 66.2 Å². The number of hydrogen-bond donors (Lipinski definition) is 0. The number of ether oxygens (including phenoxy) is 4. The fourth-order valence-corrected chi connectivity index (χ4v) is 3.09. The predicted molar refractivity (Wildman–Crippen MR) is 129 cm³/mol. The Morgan fingerprint density at radius 1 is 0.647 bits per heavy atom. The summed E-state index contributed by atoms with van der Waals surface area (Å²) in [5.74, 6) is -2.51. The maximum Gasteiger partial charge on any atom is 0.347 e. The van der Waals surface area contributed by atoms with Crippen LogP contribution in [0.2, 0.25) is 0 Å². The summed E-state index contributed by atoms with van der Waals surface area (Å²) in [5, 5.41) is 0. The third-order valence-electron chi connectivity index (χ3n) is 5.61. The summed E-state index contributed by atoms with van der Waals surface area (Å²) < 4.78 is 20.4. The highest BCUT2D eigenvalue weighted by molar-refractivity contribution is 5.93. The normalized spacial score (nSPS) is 14.6. The first-order valence-electron chi connectivity index (χ1n) is 12.6. The van der Waals surface area contributed by atoms with Gasteiger partial charge in [0.15, 0.2) is 12.2 Å². The fourth-order valence-electron chi connectivity index (χ4n) is 3.09. The van der Waals surface area contributed by atoms with E-state index >= 15 is 0 Å². The molecule has 0 aliphatic rings. The van der Waals surface area contributed by atoms with Crippen LogP contribution in [0.1, 0.15) is 92.9 Å².